The number of rotatable bonds is 5. The molecule has 2 fully saturated rings. The summed E-state index contributed by atoms with van der Waals surface area (Å²) < 4.78 is 0. The van der Waals surface area contributed by atoms with Crippen molar-refractivity contribution < 1.29 is 14.7 Å². The Hall–Kier alpha value is -1.10. The fourth-order valence-electron chi connectivity index (χ4n) is 3.41. The molecule has 1 saturated carbocycles. The van der Waals surface area contributed by atoms with E-state index in [1.165, 1.54) is 0 Å². The highest BCUT2D eigenvalue weighted by Gasteiger charge is 2.31. The quantitative estimate of drug-likeness (QED) is 0.798. The van der Waals surface area contributed by atoms with Gasteiger partial charge in [0, 0.05) is 19.0 Å². The fourth-order valence-corrected chi connectivity index (χ4v) is 3.41. The average Bonchev–Trinajstić information content (AvgIpc) is 2.93. The van der Waals surface area contributed by atoms with Crippen LogP contribution >= 0.6 is 0 Å². The van der Waals surface area contributed by atoms with Gasteiger partial charge in [-0.2, -0.15) is 0 Å². The molecule has 1 aliphatic carbocycles. The number of nitrogens with one attached hydrogen (secondary N) is 1. The van der Waals surface area contributed by atoms with Gasteiger partial charge >= 0.3 is 5.97 Å². The zero-order valence-corrected chi connectivity index (χ0v) is 12.3. The fraction of sp³-hybridized carbons (Fsp3) is 0.867. The summed E-state index contributed by atoms with van der Waals surface area (Å²) in [5.41, 5.74) is 0. The Kier molecular flexibility index (Phi) is 5.40. The number of carboxylic acids is 1. The Morgan fingerprint density at radius 3 is 2.65 bits per heavy atom. The smallest absolute Gasteiger partial charge is 0.306 e. The first-order chi connectivity index (χ1) is 9.60. The number of carboxylic acid groups (broad SMARTS) is 1. The summed E-state index contributed by atoms with van der Waals surface area (Å²) in [6.07, 6.45) is 4.06. The molecular formula is C15H26N2O3. The van der Waals surface area contributed by atoms with Crippen molar-refractivity contribution in [1.82, 2.24) is 10.2 Å². The van der Waals surface area contributed by atoms with Crippen LogP contribution in [-0.2, 0) is 9.59 Å². The highest BCUT2D eigenvalue weighted by Crippen LogP contribution is 2.29. The SMILES string of the molecule is CCN1CCC(CNC(=O)C2CCCC(C(=O)O)C2)C1. The molecule has 5 heteroatoms. The Balaban J connectivity index is 1.73. The number of hydrogen-bond acceptors (Lipinski definition) is 3. The second-order valence-corrected chi connectivity index (χ2v) is 6.19. The average molecular weight is 282 g/mol. The van der Waals surface area contributed by atoms with Crippen LogP contribution in [0.4, 0.5) is 0 Å². The zero-order valence-electron chi connectivity index (χ0n) is 12.3. The van der Waals surface area contributed by atoms with Crippen LogP contribution in [0.25, 0.3) is 0 Å². The summed E-state index contributed by atoms with van der Waals surface area (Å²) >= 11 is 0. The number of hydrogen-bond donors (Lipinski definition) is 2. The summed E-state index contributed by atoms with van der Waals surface area (Å²) in [6, 6.07) is 0. The lowest BCUT2D eigenvalue weighted by Gasteiger charge is -2.26. The molecule has 1 amide bonds. The van der Waals surface area contributed by atoms with Gasteiger partial charge in [0.2, 0.25) is 5.91 Å². The molecule has 2 aliphatic rings. The van der Waals surface area contributed by atoms with Gasteiger partial charge in [0.25, 0.3) is 0 Å². The minimum Gasteiger partial charge on any atom is -0.481 e. The molecule has 5 nitrogen and oxygen atoms in total. The molecule has 1 heterocycles. The number of amides is 1. The normalized spacial score (nSPS) is 31.1. The summed E-state index contributed by atoms with van der Waals surface area (Å²) in [4.78, 5) is 25.6. The van der Waals surface area contributed by atoms with Crippen molar-refractivity contribution in [1.29, 1.82) is 0 Å². The van der Waals surface area contributed by atoms with Crippen molar-refractivity contribution in [3.63, 3.8) is 0 Å². The van der Waals surface area contributed by atoms with E-state index in [9.17, 15) is 9.59 Å². The van der Waals surface area contributed by atoms with E-state index in [1.54, 1.807) is 0 Å². The predicted octanol–water partition coefficient (Wildman–Crippen LogP) is 1.34. The molecule has 0 aromatic rings. The number of nitrogens with zero attached hydrogens (tertiary/aromatic N) is 1. The number of likely N-dealkylation sites (tertiary alicyclic amines) is 1. The van der Waals surface area contributed by atoms with Crippen LogP contribution in [0.15, 0.2) is 0 Å². The van der Waals surface area contributed by atoms with Crippen LogP contribution in [0.3, 0.4) is 0 Å². The Bertz CT molecular complexity index is 359. The lowest BCUT2D eigenvalue weighted by molar-refractivity contribution is -0.144. The zero-order chi connectivity index (χ0) is 14.5. The Morgan fingerprint density at radius 2 is 2.00 bits per heavy atom. The van der Waals surface area contributed by atoms with Crippen molar-refractivity contribution >= 4 is 11.9 Å². The highest BCUT2D eigenvalue weighted by atomic mass is 16.4. The third-order valence-electron chi connectivity index (χ3n) is 4.78. The number of aliphatic carboxylic acids is 1. The highest BCUT2D eigenvalue weighted by molar-refractivity contribution is 5.80. The van der Waals surface area contributed by atoms with Crippen LogP contribution in [0, 0.1) is 17.8 Å². The van der Waals surface area contributed by atoms with Gasteiger partial charge < -0.3 is 15.3 Å². The summed E-state index contributed by atoms with van der Waals surface area (Å²) in [7, 11) is 0. The lowest BCUT2D eigenvalue weighted by Crippen LogP contribution is -2.38. The second-order valence-electron chi connectivity index (χ2n) is 6.19. The van der Waals surface area contributed by atoms with Gasteiger partial charge in [-0.25, -0.2) is 0 Å². The molecule has 2 rings (SSSR count). The van der Waals surface area contributed by atoms with Crippen molar-refractivity contribution in [2.45, 2.75) is 39.0 Å². The maximum atomic E-state index is 12.2. The molecule has 1 aliphatic heterocycles. The molecule has 0 aromatic heterocycles. The summed E-state index contributed by atoms with van der Waals surface area (Å²) in [5, 5.41) is 12.1. The molecule has 0 radical (unpaired) electrons. The van der Waals surface area contributed by atoms with Gasteiger partial charge in [-0.05, 0) is 44.7 Å². The van der Waals surface area contributed by atoms with E-state index in [0.29, 0.717) is 18.8 Å². The second kappa shape index (κ2) is 7.07. The maximum absolute atomic E-state index is 12.2. The molecule has 3 unspecified atom stereocenters. The topological polar surface area (TPSA) is 69.6 Å². The van der Waals surface area contributed by atoms with E-state index < -0.39 is 5.97 Å². The van der Waals surface area contributed by atoms with E-state index in [-0.39, 0.29) is 17.7 Å². The van der Waals surface area contributed by atoms with Crippen molar-refractivity contribution in [2.24, 2.45) is 17.8 Å². The first kappa shape index (κ1) is 15.3. The van der Waals surface area contributed by atoms with Crippen LogP contribution in [0.5, 0.6) is 0 Å². The van der Waals surface area contributed by atoms with Crippen LogP contribution < -0.4 is 5.32 Å². The summed E-state index contributed by atoms with van der Waals surface area (Å²) in [6.45, 7) is 6.17. The van der Waals surface area contributed by atoms with E-state index in [0.717, 1.165) is 45.4 Å². The van der Waals surface area contributed by atoms with E-state index in [1.807, 2.05) is 0 Å². The maximum Gasteiger partial charge on any atom is 0.306 e. The minimum absolute atomic E-state index is 0.0610. The largest absolute Gasteiger partial charge is 0.481 e. The lowest BCUT2D eigenvalue weighted by atomic mass is 9.81. The van der Waals surface area contributed by atoms with Crippen LogP contribution in [-0.4, -0.2) is 48.1 Å². The minimum atomic E-state index is -0.753. The molecule has 20 heavy (non-hydrogen) atoms. The molecular weight excluding hydrogens is 256 g/mol. The molecule has 3 atom stereocenters. The monoisotopic (exact) mass is 282 g/mol. The van der Waals surface area contributed by atoms with E-state index in [4.69, 9.17) is 5.11 Å². The van der Waals surface area contributed by atoms with Gasteiger partial charge in [-0.3, -0.25) is 9.59 Å². The third-order valence-corrected chi connectivity index (χ3v) is 4.78. The van der Waals surface area contributed by atoms with Crippen LogP contribution in [0.1, 0.15) is 39.0 Å². The van der Waals surface area contributed by atoms with Crippen molar-refractivity contribution in [3.05, 3.63) is 0 Å². The summed E-state index contributed by atoms with van der Waals surface area (Å²) in [5.74, 6) is -0.573. The first-order valence-corrected chi connectivity index (χ1v) is 7.83. The molecule has 1 saturated heterocycles. The number of carbonyl (C=O) groups excluding carboxylic acids is 1. The molecule has 114 valence electrons. The van der Waals surface area contributed by atoms with Crippen LogP contribution in [0.2, 0.25) is 0 Å². The van der Waals surface area contributed by atoms with Gasteiger partial charge in [-0.15, -0.1) is 0 Å². The van der Waals surface area contributed by atoms with E-state index >= 15 is 0 Å². The van der Waals surface area contributed by atoms with Crippen molar-refractivity contribution in [3.8, 4) is 0 Å². The Morgan fingerprint density at radius 1 is 1.25 bits per heavy atom. The van der Waals surface area contributed by atoms with Gasteiger partial charge in [0.05, 0.1) is 5.92 Å². The Labute approximate surface area is 120 Å². The van der Waals surface area contributed by atoms with Crippen molar-refractivity contribution in [2.75, 3.05) is 26.2 Å². The molecule has 0 bridgehead atoms. The predicted molar refractivity (Wildman–Crippen MR) is 76.3 cm³/mol. The number of carbonyl (C=O) groups is 2. The van der Waals surface area contributed by atoms with E-state index in [2.05, 4.69) is 17.1 Å². The molecule has 0 spiro atoms. The standard InChI is InChI=1S/C15H26N2O3/c1-2-17-7-6-11(10-17)9-16-14(18)12-4-3-5-13(8-12)15(19)20/h11-13H,2-10H2,1H3,(H,16,18)(H,19,20). The van der Waals surface area contributed by atoms with Gasteiger partial charge in [-0.1, -0.05) is 13.3 Å². The molecule has 0 aromatic carbocycles. The van der Waals surface area contributed by atoms with Gasteiger partial charge in [0.15, 0.2) is 0 Å². The third kappa shape index (κ3) is 3.95. The first-order valence-electron chi connectivity index (χ1n) is 7.83. The molecule has 2 N–H and O–H groups in total. The van der Waals surface area contributed by atoms with Gasteiger partial charge in [0.1, 0.15) is 0 Å².